The molecule has 2 N–H and O–H groups in total. The summed E-state index contributed by atoms with van der Waals surface area (Å²) in [6, 6.07) is -0.0957. The average Bonchev–Trinajstić information content (AvgIpc) is 3.52. The molecule has 8 nitrogen and oxygen atoms in total. The maximum Gasteiger partial charge on any atom is 0.261 e. The Balaban J connectivity index is 0.00000554. The summed E-state index contributed by atoms with van der Waals surface area (Å²) in [6.45, 7) is 23.7. The number of sulfonamides is 1. The van der Waals surface area contributed by atoms with Gasteiger partial charge in [0.15, 0.2) is 0 Å². The first-order valence-electron chi connectivity index (χ1n) is 17.5. The minimum absolute atomic E-state index is 0.0353. The van der Waals surface area contributed by atoms with E-state index < -0.39 is 15.6 Å². The normalized spacial score (nSPS) is 16.4. The van der Waals surface area contributed by atoms with Gasteiger partial charge in [-0.3, -0.25) is 9.59 Å². The highest BCUT2D eigenvalue weighted by Gasteiger charge is 2.51. The quantitative estimate of drug-likeness (QED) is 0.0807. The number of terminal acetylenes is 1. The largest absolute Gasteiger partial charge is 0.395 e. The van der Waals surface area contributed by atoms with Crippen LogP contribution >= 0.6 is 0 Å². The molecule has 2 aliphatic heterocycles. The smallest absolute Gasteiger partial charge is 0.261 e. The number of amides is 2. The van der Waals surface area contributed by atoms with Gasteiger partial charge < -0.3 is 14.9 Å². The van der Waals surface area contributed by atoms with Crippen LogP contribution < -0.4 is 4.72 Å². The maximum absolute atomic E-state index is 14.4. The number of nitrogens with one attached hydrogen (secondary N) is 1. The Morgan fingerprint density at radius 2 is 1.61 bits per heavy atom. The molecule has 0 aromatic heterocycles. The SMILES string of the molecule is C#C.C=CC/C=C(\C=C/CC1=C2C(=O)N(C(C)CC(C)C)C(C/C=C\C/C(C)=C\C)=C2C(=O)N1C(C)(C)CCC)S(=O)(=O)NCCO.CC. The van der Waals surface area contributed by atoms with Crippen molar-refractivity contribution in [1.29, 1.82) is 0 Å². The van der Waals surface area contributed by atoms with Gasteiger partial charge in [0.25, 0.3) is 11.8 Å². The van der Waals surface area contributed by atoms with E-state index in [9.17, 15) is 18.0 Å². The van der Waals surface area contributed by atoms with Crippen molar-refractivity contribution in [1.82, 2.24) is 14.5 Å². The van der Waals surface area contributed by atoms with Crippen molar-refractivity contribution >= 4 is 21.8 Å². The standard InChI is InChI=1S/C36H55N3O5S.C2H6.C2H2/c1-10-13-18-29(45(43,44)37-23-24-40)19-16-21-31-33-32(35(42)39(31)36(8,9)22-11-2)30(20-15-14-17-27(6)12-3)38(34(33)41)28(7)25-26(4)5;2*1-2/h10,12,14-16,18-19,26,28,37,40H,1,11,13,17,20-25H2,2-9H3;1-2H3;1-2H/b15-14-,19-16-,27-12-,29-18+;;. The molecule has 0 bridgehead atoms. The molecule has 49 heavy (non-hydrogen) atoms. The molecule has 2 heterocycles. The summed E-state index contributed by atoms with van der Waals surface area (Å²) < 4.78 is 28.2. The maximum atomic E-state index is 14.4. The second kappa shape index (κ2) is 22.3. The Morgan fingerprint density at radius 3 is 2.14 bits per heavy atom. The van der Waals surface area contributed by atoms with Gasteiger partial charge in [0.1, 0.15) is 0 Å². The Morgan fingerprint density at radius 1 is 1.02 bits per heavy atom. The molecular formula is C40H63N3O5S. The predicted octanol–water partition coefficient (Wildman–Crippen LogP) is 8.09. The van der Waals surface area contributed by atoms with Gasteiger partial charge in [-0.1, -0.05) is 83.1 Å². The van der Waals surface area contributed by atoms with Crippen LogP contribution in [0.15, 0.2) is 82.1 Å². The van der Waals surface area contributed by atoms with Gasteiger partial charge in [-0.05, 0) is 72.3 Å². The number of carbonyl (C=O) groups is 2. The van der Waals surface area contributed by atoms with Gasteiger partial charge in [0, 0.05) is 42.4 Å². The summed E-state index contributed by atoms with van der Waals surface area (Å²) in [5.74, 6) is 0.0196. The van der Waals surface area contributed by atoms with Crippen molar-refractivity contribution in [3.05, 3.63) is 82.1 Å². The van der Waals surface area contributed by atoms with E-state index in [2.05, 4.69) is 64.0 Å². The zero-order valence-corrected chi connectivity index (χ0v) is 32.6. The number of hydrogen-bond donors (Lipinski definition) is 2. The summed E-state index contributed by atoms with van der Waals surface area (Å²) in [7, 11) is -3.88. The first-order chi connectivity index (χ1) is 23.2. The van der Waals surface area contributed by atoms with Crippen molar-refractivity contribution in [2.45, 2.75) is 126 Å². The van der Waals surface area contributed by atoms with E-state index in [1.54, 1.807) is 23.1 Å². The summed E-state index contributed by atoms with van der Waals surface area (Å²) in [6.07, 6.45) is 24.7. The lowest BCUT2D eigenvalue weighted by molar-refractivity contribution is -0.128. The molecule has 9 heteroatoms. The van der Waals surface area contributed by atoms with Gasteiger partial charge in [0.05, 0.1) is 22.7 Å². The van der Waals surface area contributed by atoms with Crippen molar-refractivity contribution in [2.24, 2.45) is 5.92 Å². The van der Waals surface area contributed by atoms with Crippen LogP contribution in [0.2, 0.25) is 0 Å². The van der Waals surface area contributed by atoms with Crippen molar-refractivity contribution in [3.8, 4) is 12.8 Å². The molecule has 1 unspecified atom stereocenters. The number of fused-ring (bicyclic) bond motifs is 1. The number of aliphatic hydroxyl groups is 1. The van der Waals surface area contributed by atoms with Crippen LogP contribution in [-0.4, -0.2) is 59.9 Å². The van der Waals surface area contributed by atoms with E-state index in [0.717, 1.165) is 31.4 Å². The van der Waals surface area contributed by atoms with Gasteiger partial charge >= 0.3 is 0 Å². The van der Waals surface area contributed by atoms with Crippen molar-refractivity contribution < 1.29 is 23.1 Å². The minimum Gasteiger partial charge on any atom is -0.395 e. The van der Waals surface area contributed by atoms with Gasteiger partial charge in [-0.2, -0.15) is 0 Å². The zero-order valence-electron chi connectivity index (χ0n) is 31.8. The molecule has 274 valence electrons. The van der Waals surface area contributed by atoms with Crippen LogP contribution in [0, 0.1) is 18.8 Å². The van der Waals surface area contributed by atoms with Crippen LogP contribution in [0.1, 0.15) is 114 Å². The van der Waals surface area contributed by atoms with E-state index in [1.807, 2.05) is 52.5 Å². The summed E-state index contributed by atoms with van der Waals surface area (Å²) >= 11 is 0. The Bertz CT molecular complexity index is 1440. The van der Waals surface area contributed by atoms with E-state index in [-0.39, 0.29) is 42.3 Å². The van der Waals surface area contributed by atoms with Gasteiger partial charge in [0.2, 0.25) is 10.0 Å². The molecule has 0 spiro atoms. The number of allylic oxidation sites excluding steroid dienone is 8. The second-order valence-electron chi connectivity index (χ2n) is 12.9. The number of carbonyl (C=O) groups excluding carboxylic acids is 2. The summed E-state index contributed by atoms with van der Waals surface area (Å²) in [5.41, 5.74) is 2.91. The fraction of sp³-hybridized carbons (Fsp3) is 0.550. The summed E-state index contributed by atoms with van der Waals surface area (Å²) in [5, 5.41) is 9.16. The molecule has 0 aromatic carbocycles. The third-order valence-electron chi connectivity index (χ3n) is 8.16. The highest BCUT2D eigenvalue weighted by Crippen LogP contribution is 2.46. The molecule has 2 rings (SSSR count). The Labute approximate surface area is 298 Å². The molecule has 0 saturated carbocycles. The molecule has 0 radical (unpaired) electrons. The average molecular weight is 698 g/mol. The lowest BCUT2D eigenvalue weighted by atomic mass is 9.95. The van der Waals surface area contributed by atoms with E-state index in [1.165, 1.54) is 11.6 Å². The lowest BCUT2D eigenvalue weighted by Crippen LogP contribution is -2.45. The number of aliphatic hydroxyl groups excluding tert-OH is 1. The fourth-order valence-corrected chi connectivity index (χ4v) is 7.19. The third-order valence-corrected chi connectivity index (χ3v) is 9.67. The molecule has 0 saturated heterocycles. The Kier molecular flexibility index (Phi) is 20.7. The highest BCUT2D eigenvalue weighted by atomic mass is 32.2. The Hall–Kier alpha value is -3.45. The fourth-order valence-electron chi connectivity index (χ4n) is 6.07. The first-order valence-corrected chi connectivity index (χ1v) is 19.0. The van der Waals surface area contributed by atoms with E-state index in [4.69, 9.17) is 5.11 Å². The number of nitrogens with zero attached hydrogens (tertiary/aromatic N) is 2. The number of hydrogen-bond acceptors (Lipinski definition) is 5. The predicted molar refractivity (Wildman–Crippen MR) is 205 cm³/mol. The van der Waals surface area contributed by atoms with Crippen LogP contribution in [0.5, 0.6) is 0 Å². The lowest BCUT2D eigenvalue weighted by Gasteiger charge is -2.38. The van der Waals surface area contributed by atoms with Crippen molar-refractivity contribution in [2.75, 3.05) is 13.2 Å². The molecule has 2 amide bonds. The van der Waals surface area contributed by atoms with Gasteiger partial charge in [-0.15, -0.1) is 19.4 Å². The molecule has 0 fully saturated rings. The van der Waals surface area contributed by atoms with Crippen LogP contribution in [0.3, 0.4) is 0 Å². The highest BCUT2D eigenvalue weighted by molar-refractivity contribution is 7.93. The molecule has 1 atom stereocenters. The van der Waals surface area contributed by atoms with Crippen LogP contribution in [-0.2, 0) is 19.6 Å². The molecule has 0 aromatic rings. The van der Waals surface area contributed by atoms with Gasteiger partial charge in [-0.25, -0.2) is 13.1 Å². The van der Waals surface area contributed by atoms with Crippen molar-refractivity contribution in [3.63, 3.8) is 0 Å². The topological polar surface area (TPSA) is 107 Å². The minimum atomic E-state index is -3.88. The summed E-state index contributed by atoms with van der Waals surface area (Å²) in [4.78, 5) is 32.4. The molecule has 2 aliphatic rings. The monoisotopic (exact) mass is 697 g/mol. The van der Waals surface area contributed by atoms with Crippen LogP contribution in [0.25, 0.3) is 0 Å². The zero-order chi connectivity index (χ0) is 37.9. The van der Waals surface area contributed by atoms with E-state index >= 15 is 0 Å². The second-order valence-corrected chi connectivity index (χ2v) is 14.6. The third kappa shape index (κ3) is 12.4. The first kappa shape index (κ1) is 45.6. The molecule has 0 aliphatic carbocycles. The van der Waals surface area contributed by atoms with Crippen LogP contribution in [0.4, 0.5) is 0 Å². The number of rotatable bonds is 19. The molecular weight excluding hydrogens is 635 g/mol. The van der Waals surface area contributed by atoms with E-state index in [0.29, 0.717) is 35.6 Å².